The molecule has 1 aliphatic heterocycles. The Morgan fingerprint density at radius 2 is 1.60 bits per heavy atom. The standard InChI is InChI=1S/C42H52N6O5/c1-5-7-22-46(23-8-6-2)42(53)38-24-29(3)48(45-38)39-19-18-34(44-40(51)36(20-21-43-30(4)50)31-14-10-9-11-15-31)26-37(39)41(52)47-27-33-17-13-12-16-32(33)25-35(47)28-49/h9-19,24,26,35-36,49H,5-8,20-23,25,27-28H2,1-4H3,(H,43,50)(H,44,51). The molecular weight excluding hydrogens is 668 g/mol. The number of aliphatic hydroxyl groups excluding tert-OH is 1. The number of aliphatic hydroxyl groups is 1. The Morgan fingerprint density at radius 1 is 0.925 bits per heavy atom. The zero-order valence-corrected chi connectivity index (χ0v) is 31.3. The number of fused-ring (bicyclic) bond motifs is 1. The lowest BCUT2D eigenvalue weighted by atomic mass is 9.93. The monoisotopic (exact) mass is 720 g/mol. The van der Waals surface area contributed by atoms with Gasteiger partial charge in [-0.2, -0.15) is 5.10 Å². The van der Waals surface area contributed by atoms with Gasteiger partial charge in [0.25, 0.3) is 11.8 Å². The molecule has 4 amide bonds. The van der Waals surface area contributed by atoms with Crippen molar-refractivity contribution in [3.8, 4) is 5.69 Å². The second-order valence-corrected chi connectivity index (χ2v) is 13.8. The molecule has 2 heterocycles. The van der Waals surface area contributed by atoms with Crippen LogP contribution in [0.2, 0.25) is 0 Å². The fourth-order valence-corrected chi connectivity index (χ4v) is 6.87. The van der Waals surface area contributed by atoms with Crippen LogP contribution >= 0.6 is 0 Å². The minimum Gasteiger partial charge on any atom is -0.394 e. The van der Waals surface area contributed by atoms with Crippen molar-refractivity contribution < 1.29 is 24.3 Å². The molecule has 2 atom stereocenters. The third kappa shape index (κ3) is 9.58. The molecule has 5 rings (SSSR count). The van der Waals surface area contributed by atoms with Crippen molar-refractivity contribution in [1.82, 2.24) is 24.9 Å². The molecule has 11 nitrogen and oxygen atoms in total. The molecule has 0 saturated heterocycles. The van der Waals surface area contributed by atoms with E-state index in [1.54, 1.807) is 33.8 Å². The maximum Gasteiger partial charge on any atom is 0.274 e. The quantitative estimate of drug-likeness (QED) is 0.129. The third-order valence-corrected chi connectivity index (χ3v) is 9.83. The SMILES string of the molecule is CCCCN(CCCC)C(=O)c1cc(C)n(-c2ccc(NC(=O)C(CCNC(C)=O)c3ccccc3)cc2C(=O)N2Cc3ccccc3CC2CO)n1. The number of unbranched alkanes of at least 4 members (excludes halogenated alkanes) is 2. The normalized spacial score (nSPS) is 14.3. The molecule has 0 saturated carbocycles. The first-order valence-corrected chi connectivity index (χ1v) is 18.7. The lowest BCUT2D eigenvalue weighted by molar-refractivity contribution is -0.120. The third-order valence-electron chi connectivity index (χ3n) is 9.83. The van der Waals surface area contributed by atoms with Crippen LogP contribution in [0.5, 0.6) is 0 Å². The van der Waals surface area contributed by atoms with Crippen LogP contribution in [-0.4, -0.2) is 80.6 Å². The average Bonchev–Trinajstić information content (AvgIpc) is 3.56. The zero-order valence-electron chi connectivity index (χ0n) is 31.3. The number of rotatable bonds is 16. The van der Waals surface area contributed by atoms with Gasteiger partial charge in [0.1, 0.15) is 0 Å². The Balaban J connectivity index is 1.53. The Bertz CT molecular complexity index is 1880. The van der Waals surface area contributed by atoms with E-state index in [0.717, 1.165) is 42.4 Å². The van der Waals surface area contributed by atoms with Gasteiger partial charge in [0.2, 0.25) is 11.8 Å². The van der Waals surface area contributed by atoms with Gasteiger partial charge in [0, 0.05) is 44.5 Å². The molecule has 280 valence electrons. The number of benzene rings is 3. The fraction of sp³-hybridized carbons (Fsp3) is 0.405. The molecule has 3 aromatic carbocycles. The summed E-state index contributed by atoms with van der Waals surface area (Å²) in [6.07, 6.45) is 4.60. The number of aryl methyl sites for hydroxylation is 1. The summed E-state index contributed by atoms with van der Waals surface area (Å²) in [6.45, 7) is 9.19. The van der Waals surface area contributed by atoms with Crippen LogP contribution in [0.1, 0.15) is 102 Å². The minimum absolute atomic E-state index is 0.148. The number of carbonyl (C=O) groups excluding carboxylic acids is 4. The van der Waals surface area contributed by atoms with Crippen LogP contribution in [0.4, 0.5) is 5.69 Å². The van der Waals surface area contributed by atoms with E-state index < -0.39 is 12.0 Å². The molecule has 2 unspecified atom stereocenters. The minimum atomic E-state index is -0.565. The highest BCUT2D eigenvalue weighted by molar-refractivity contribution is 6.02. The van der Waals surface area contributed by atoms with Gasteiger partial charge in [0.05, 0.1) is 29.8 Å². The van der Waals surface area contributed by atoms with Gasteiger partial charge in [-0.1, -0.05) is 81.3 Å². The Kier molecular flexibility index (Phi) is 13.6. The van der Waals surface area contributed by atoms with Crippen molar-refractivity contribution in [2.75, 3.05) is 31.6 Å². The predicted molar refractivity (Wildman–Crippen MR) is 206 cm³/mol. The molecule has 1 aliphatic rings. The summed E-state index contributed by atoms with van der Waals surface area (Å²) < 4.78 is 1.62. The topological polar surface area (TPSA) is 137 Å². The highest BCUT2D eigenvalue weighted by Crippen LogP contribution is 2.30. The number of nitrogens with one attached hydrogen (secondary N) is 2. The van der Waals surface area contributed by atoms with Gasteiger partial charge in [-0.25, -0.2) is 4.68 Å². The molecule has 0 spiro atoms. The predicted octanol–water partition coefficient (Wildman–Crippen LogP) is 6.03. The second-order valence-electron chi connectivity index (χ2n) is 13.8. The largest absolute Gasteiger partial charge is 0.394 e. The highest BCUT2D eigenvalue weighted by Gasteiger charge is 2.32. The molecule has 4 aromatic rings. The van der Waals surface area contributed by atoms with Gasteiger partial charge in [0.15, 0.2) is 5.69 Å². The summed E-state index contributed by atoms with van der Waals surface area (Å²) in [5.41, 5.74) is 5.01. The van der Waals surface area contributed by atoms with Gasteiger partial charge < -0.3 is 25.5 Å². The molecule has 0 aliphatic carbocycles. The maximum atomic E-state index is 14.7. The number of carbonyl (C=O) groups is 4. The van der Waals surface area contributed by atoms with Crippen LogP contribution in [-0.2, 0) is 22.6 Å². The maximum absolute atomic E-state index is 14.7. The Hall–Kier alpha value is -5.29. The molecule has 1 aromatic heterocycles. The zero-order chi connectivity index (χ0) is 37.9. The van der Waals surface area contributed by atoms with Crippen molar-refractivity contribution >= 4 is 29.3 Å². The molecule has 53 heavy (non-hydrogen) atoms. The van der Waals surface area contributed by atoms with Crippen LogP contribution in [0.3, 0.4) is 0 Å². The lowest BCUT2D eigenvalue weighted by Crippen LogP contribution is -2.46. The fourth-order valence-electron chi connectivity index (χ4n) is 6.87. The van der Waals surface area contributed by atoms with Crippen molar-refractivity contribution in [3.63, 3.8) is 0 Å². The Morgan fingerprint density at radius 3 is 2.26 bits per heavy atom. The van der Waals surface area contributed by atoms with Gasteiger partial charge >= 0.3 is 0 Å². The molecule has 0 radical (unpaired) electrons. The van der Waals surface area contributed by atoms with Gasteiger partial charge in [-0.15, -0.1) is 0 Å². The number of hydrogen-bond donors (Lipinski definition) is 3. The molecule has 3 N–H and O–H groups in total. The van der Waals surface area contributed by atoms with E-state index in [1.807, 2.05) is 66.4 Å². The first-order valence-electron chi connectivity index (χ1n) is 18.7. The number of anilines is 1. The van der Waals surface area contributed by atoms with Crippen LogP contribution in [0.15, 0.2) is 78.9 Å². The van der Waals surface area contributed by atoms with Crippen molar-refractivity contribution in [2.24, 2.45) is 0 Å². The summed E-state index contributed by atoms with van der Waals surface area (Å²) >= 11 is 0. The second kappa shape index (κ2) is 18.5. The van der Waals surface area contributed by atoms with E-state index in [9.17, 15) is 24.3 Å². The van der Waals surface area contributed by atoms with E-state index >= 15 is 0 Å². The van der Waals surface area contributed by atoms with E-state index in [2.05, 4.69) is 24.5 Å². The summed E-state index contributed by atoms with van der Waals surface area (Å²) in [7, 11) is 0. The number of nitrogens with zero attached hydrogens (tertiary/aromatic N) is 4. The smallest absolute Gasteiger partial charge is 0.274 e. The van der Waals surface area contributed by atoms with Crippen LogP contribution in [0, 0.1) is 6.92 Å². The summed E-state index contributed by atoms with van der Waals surface area (Å²) in [6, 6.07) is 23.7. The van der Waals surface area contributed by atoms with Gasteiger partial charge in [-0.3, -0.25) is 19.2 Å². The van der Waals surface area contributed by atoms with E-state index in [0.29, 0.717) is 61.8 Å². The number of amides is 4. The van der Waals surface area contributed by atoms with Crippen LogP contribution in [0.25, 0.3) is 5.69 Å². The first kappa shape index (κ1) is 38.9. The van der Waals surface area contributed by atoms with Gasteiger partial charge in [-0.05, 0) is 73.6 Å². The first-order chi connectivity index (χ1) is 25.6. The van der Waals surface area contributed by atoms with Crippen molar-refractivity contribution in [3.05, 3.63) is 113 Å². The van der Waals surface area contributed by atoms with E-state index in [-0.39, 0.29) is 35.8 Å². The average molecular weight is 721 g/mol. The molecule has 11 heteroatoms. The molecule has 0 bridgehead atoms. The van der Waals surface area contributed by atoms with Crippen molar-refractivity contribution in [1.29, 1.82) is 0 Å². The molecule has 0 fully saturated rings. The Labute approximate surface area is 312 Å². The number of hydrogen-bond acceptors (Lipinski definition) is 6. The summed E-state index contributed by atoms with van der Waals surface area (Å²) in [4.78, 5) is 57.5. The summed E-state index contributed by atoms with van der Waals surface area (Å²) in [5, 5.41) is 21.0. The number of aromatic nitrogens is 2. The molecular formula is C42H52N6O5. The van der Waals surface area contributed by atoms with E-state index in [4.69, 9.17) is 5.10 Å². The van der Waals surface area contributed by atoms with E-state index in [1.165, 1.54) is 6.92 Å². The highest BCUT2D eigenvalue weighted by atomic mass is 16.3. The lowest BCUT2D eigenvalue weighted by Gasteiger charge is -2.36. The van der Waals surface area contributed by atoms with Crippen molar-refractivity contribution in [2.45, 2.75) is 84.7 Å². The summed E-state index contributed by atoms with van der Waals surface area (Å²) in [5.74, 6) is -1.50. The van der Waals surface area contributed by atoms with Crippen LogP contribution < -0.4 is 10.6 Å².